The van der Waals surface area contributed by atoms with Gasteiger partial charge >= 0.3 is 0 Å². The van der Waals surface area contributed by atoms with Crippen molar-refractivity contribution in [3.63, 3.8) is 0 Å². The molecular weight excluding hydrogens is 406 g/mol. The highest BCUT2D eigenvalue weighted by atomic mass is 16.5. The summed E-state index contributed by atoms with van der Waals surface area (Å²) in [7, 11) is 1.60. The number of likely N-dealkylation sites (tertiary alicyclic amines) is 1. The zero-order valence-electron chi connectivity index (χ0n) is 18.4. The van der Waals surface area contributed by atoms with Gasteiger partial charge in [-0.05, 0) is 42.2 Å². The van der Waals surface area contributed by atoms with Crippen molar-refractivity contribution in [2.24, 2.45) is 0 Å². The van der Waals surface area contributed by atoms with Crippen LogP contribution in [0.3, 0.4) is 0 Å². The summed E-state index contributed by atoms with van der Waals surface area (Å²) in [6, 6.07) is 13.3. The predicted octanol–water partition coefficient (Wildman–Crippen LogP) is 5.04. The molecular formula is C25H27N3O4. The van der Waals surface area contributed by atoms with E-state index in [1.54, 1.807) is 13.2 Å². The molecule has 1 fully saturated rings. The minimum absolute atomic E-state index is 0.0849. The Morgan fingerprint density at radius 3 is 2.75 bits per heavy atom. The number of hydrogen-bond acceptors (Lipinski definition) is 6. The van der Waals surface area contributed by atoms with Gasteiger partial charge in [0.1, 0.15) is 6.04 Å². The predicted molar refractivity (Wildman–Crippen MR) is 121 cm³/mol. The summed E-state index contributed by atoms with van der Waals surface area (Å²) in [5, 5.41) is 4.16. The van der Waals surface area contributed by atoms with Crippen LogP contribution in [-0.4, -0.2) is 34.7 Å². The Bertz CT molecular complexity index is 1090. The Balaban J connectivity index is 1.54. The Hall–Kier alpha value is -3.61. The van der Waals surface area contributed by atoms with Gasteiger partial charge < -0.3 is 18.9 Å². The van der Waals surface area contributed by atoms with Crippen molar-refractivity contribution in [2.75, 3.05) is 13.7 Å². The number of nitrogens with zero attached hydrogens (tertiary/aromatic N) is 3. The van der Waals surface area contributed by atoms with Gasteiger partial charge in [-0.15, -0.1) is 0 Å². The summed E-state index contributed by atoms with van der Waals surface area (Å²) in [5.41, 5.74) is 2.85. The molecule has 0 aliphatic carbocycles. The van der Waals surface area contributed by atoms with E-state index in [0.717, 1.165) is 23.1 Å². The molecule has 1 amide bonds. The first-order chi connectivity index (χ1) is 15.6. The SMILES string of the molecule is C=Cc1ccc(CN2C(=O)CCC2c2nc(-c3ccc(OCCC)c(OC)c3)no2)cc1. The van der Waals surface area contributed by atoms with Crippen molar-refractivity contribution >= 4 is 12.0 Å². The van der Waals surface area contributed by atoms with Gasteiger partial charge in [-0.25, -0.2) is 0 Å². The van der Waals surface area contributed by atoms with Gasteiger partial charge in [0.05, 0.1) is 13.7 Å². The van der Waals surface area contributed by atoms with Crippen molar-refractivity contribution in [3.8, 4) is 22.9 Å². The third-order valence-electron chi connectivity index (χ3n) is 5.51. The maximum atomic E-state index is 12.6. The first-order valence-electron chi connectivity index (χ1n) is 10.8. The molecule has 0 radical (unpaired) electrons. The Kier molecular flexibility index (Phi) is 6.54. The molecule has 1 aliphatic rings. The standard InChI is InChI=1S/C25H27N3O4/c1-4-14-31-21-12-10-19(15-22(21)30-3)24-26-25(32-27-24)20-11-13-23(29)28(20)16-18-8-6-17(5-2)7-9-18/h5-10,12,15,20H,2,4,11,13-14,16H2,1,3H3. The Labute approximate surface area is 187 Å². The molecule has 0 saturated carbocycles. The number of amides is 1. The van der Waals surface area contributed by atoms with Crippen LogP contribution in [-0.2, 0) is 11.3 Å². The fourth-order valence-corrected chi connectivity index (χ4v) is 3.77. The van der Waals surface area contributed by atoms with Crippen LogP contribution in [0.4, 0.5) is 0 Å². The molecule has 2 heterocycles. The third kappa shape index (κ3) is 4.51. The molecule has 7 heteroatoms. The van der Waals surface area contributed by atoms with Gasteiger partial charge in [0.2, 0.25) is 17.6 Å². The minimum Gasteiger partial charge on any atom is -0.493 e. The van der Waals surface area contributed by atoms with Crippen molar-refractivity contribution < 1.29 is 18.8 Å². The first kappa shape index (κ1) is 21.6. The van der Waals surface area contributed by atoms with Crippen LogP contribution >= 0.6 is 0 Å². The fraction of sp³-hybridized carbons (Fsp3) is 0.320. The fourth-order valence-electron chi connectivity index (χ4n) is 3.77. The van der Waals surface area contributed by atoms with Crippen LogP contribution in [0.2, 0.25) is 0 Å². The molecule has 0 spiro atoms. The molecule has 1 aromatic heterocycles. The number of carbonyl (C=O) groups is 1. The van der Waals surface area contributed by atoms with Crippen molar-refractivity contribution in [3.05, 3.63) is 66.1 Å². The smallest absolute Gasteiger partial charge is 0.249 e. The van der Waals surface area contributed by atoms with E-state index in [0.29, 0.717) is 49.2 Å². The lowest BCUT2D eigenvalue weighted by Gasteiger charge is -2.22. The van der Waals surface area contributed by atoms with E-state index in [-0.39, 0.29) is 11.9 Å². The van der Waals surface area contributed by atoms with E-state index in [2.05, 4.69) is 23.6 Å². The quantitative estimate of drug-likeness (QED) is 0.470. The summed E-state index contributed by atoms with van der Waals surface area (Å²) in [6.45, 7) is 6.94. The average Bonchev–Trinajstić information content (AvgIpc) is 3.45. The number of rotatable bonds is 9. The van der Waals surface area contributed by atoms with Crippen molar-refractivity contribution in [1.29, 1.82) is 0 Å². The van der Waals surface area contributed by atoms with E-state index >= 15 is 0 Å². The van der Waals surface area contributed by atoms with E-state index in [1.807, 2.05) is 47.4 Å². The largest absolute Gasteiger partial charge is 0.493 e. The highest BCUT2D eigenvalue weighted by Crippen LogP contribution is 2.36. The number of aromatic nitrogens is 2. The zero-order chi connectivity index (χ0) is 22.5. The second-order valence-corrected chi connectivity index (χ2v) is 7.69. The van der Waals surface area contributed by atoms with E-state index in [4.69, 9.17) is 14.0 Å². The van der Waals surface area contributed by atoms with Crippen LogP contribution in [0.25, 0.3) is 17.5 Å². The van der Waals surface area contributed by atoms with Gasteiger partial charge in [-0.3, -0.25) is 4.79 Å². The summed E-state index contributed by atoms with van der Waals surface area (Å²) in [5.74, 6) is 2.27. The summed E-state index contributed by atoms with van der Waals surface area (Å²) in [4.78, 5) is 19.0. The van der Waals surface area contributed by atoms with Crippen LogP contribution in [0.15, 0.2) is 53.6 Å². The number of hydrogen-bond donors (Lipinski definition) is 0. The lowest BCUT2D eigenvalue weighted by molar-refractivity contribution is -0.129. The highest BCUT2D eigenvalue weighted by molar-refractivity contribution is 5.79. The molecule has 7 nitrogen and oxygen atoms in total. The van der Waals surface area contributed by atoms with Gasteiger partial charge in [0.15, 0.2) is 11.5 Å². The van der Waals surface area contributed by atoms with Gasteiger partial charge in [0.25, 0.3) is 0 Å². The second-order valence-electron chi connectivity index (χ2n) is 7.69. The monoisotopic (exact) mass is 433 g/mol. The molecule has 3 aromatic rings. The molecule has 32 heavy (non-hydrogen) atoms. The third-order valence-corrected chi connectivity index (χ3v) is 5.51. The topological polar surface area (TPSA) is 77.7 Å². The van der Waals surface area contributed by atoms with Crippen LogP contribution in [0, 0.1) is 0 Å². The van der Waals surface area contributed by atoms with Crippen molar-refractivity contribution in [2.45, 2.75) is 38.8 Å². The summed E-state index contributed by atoms with van der Waals surface area (Å²) < 4.78 is 16.8. The van der Waals surface area contributed by atoms with Gasteiger partial charge in [-0.1, -0.05) is 49.0 Å². The highest BCUT2D eigenvalue weighted by Gasteiger charge is 2.36. The lowest BCUT2D eigenvalue weighted by Crippen LogP contribution is -2.27. The van der Waals surface area contributed by atoms with Crippen molar-refractivity contribution in [1.82, 2.24) is 15.0 Å². The molecule has 1 atom stereocenters. The average molecular weight is 434 g/mol. The Morgan fingerprint density at radius 1 is 1.22 bits per heavy atom. The molecule has 1 aliphatic heterocycles. The number of carbonyl (C=O) groups excluding carboxylic acids is 1. The van der Waals surface area contributed by atoms with Crippen LogP contribution in [0.1, 0.15) is 49.2 Å². The zero-order valence-corrected chi connectivity index (χ0v) is 18.4. The van der Waals surface area contributed by atoms with E-state index in [9.17, 15) is 4.79 Å². The lowest BCUT2D eigenvalue weighted by atomic mass is 10.1. The number of ether oxygens (including phenoxy) is 2. The van der Waals surface area contributed by atoms with Crippen LogP contribution < -0.4 is 9.47 Å². The molecule has 166 valence electrons. The van der Waals surface area contributed by atoms with Gasteiger partial charge in [-0.2, -0.15) is 4.98 Å². The molecule has 2 aromatic carbocycles. The first-order valence-corrected chi connectivity index (χ1v) is 10.8. The maximum Gasteiger partial charge on any atom is 0.249 e. The molecule has 0 N–H and O–H groups in total. The normalized spacial score (nSPS) is 15.8. The molecule has 1 unspecified atom stereocenters. The number of benzene rings is 2. The second kappa shape index (κ2) is 9.68. The summed E-state index contributed by atoms with van der Waals surface area (Å²) >= 11 is 0. The van der Waals surface area contributed by atoms with E-state index < -0.39 is 0 Å². The van der Waals surface area contributed by atoms with Gasteiger partial charge in [0, 0.05) is 18.5 Å². The molecule has 1 saturated heterocycles. The maximum absolute atomic E-state index is 12.6. The number of methoxy groups -OCH3 is 1. The Morgan fingerprint density at radius 2 is 2.03 bits per heavy atom. The molecule has 0 bridgehead atoms. The molecule has 4 rings (SSSR count). The van der Waals surface area contributed by atoms with E-state index in [1.165, 1.54) is 0 Å². The minimum atomic E-state index is -0.239. The summed E-state index contributed by atoms with van der Waals surface area (Å²) in [6.07, 6.45) is 3.82. The van der Waals surface area contributed by atoms with Crippen LogP contribution in [0.5, 0.6) is 11.5 Å².